The van der Waals surface area contributed by atoms with Crippen molar-refractivity contribution >= 4 is 15.9 Å². The highest BCUT2D eigenvalue weighted by atomic mass is 32.2. The molecule has 27 heavy (non-hydrogen) atoms. The predicted molar refractivity (Wildman–Crippen MR) is 100 cm³/mol. The molecule has 8 heteroatoms. The molecular formula is C19H22N2O5S. The van der Waals surface area contributed by atoms with Crippen LogP contribution in [-0.2, 0) is 15.4 Å². The average Bonchev–Trinajstić information content (AvgIpc) is 2.65. The lowest BCUT2D eigenvalue weighted by Crippen LogP contribution is -2.41. The Morgan fingerprint density at radius 3 is 2.22 bits per heavy atom. The van der Waals surface area contributed by atoms with Crippen LogP contribution >= 0.6 is 0 Å². The van der Waals surface area contributed by atoms with Crippen LogP contribution in [0.1, 0.15) is 36.7 Å². The smallest absolute Gasteiger partial charge is 0.266 e. The minimum absolute atomic E-state index is 0.0323. The number of hydrogen-bond acceptors (Lipinski definition) is 5. The molecule has 1 heterocycles. The Hall–Kier alpha value is -2.58. The van der Waals surface area contributed by atoms with E-state index in [4.69, 9.17) is 9.47 Å². The molecule has 2 aromatic carbocycles. The number of hydrogen-bond donors (Lipinski definition) is 2. The van der Waals surface area contributed by atoms with E-state index >= 15 is 0 Å². The lowest BCUT2D eigenvalue weighted by molar-refractivity contribution is 0.0945. The molecule has 0 aromatic heterocycles. The van der Waals surface area contributed by atoms with Gasteiger partial charge in [0.05, 0.1) is 4.90 Å². The normalized spacial score (nSPS) is 13.9. The molecule has 0 fully saturated rings. The summed E-state index contributed by atoms with van der Waals surface area (Å²) in [5.41, 5.74) is 3.63. The third kappa shape index (κ3) is 4.40. The Morgan fingerprint density at radius 2 is 1.59 bits per heavy atom. The number of amides is 1. The van der Waals surface area contributed by atoms with Gasteiger partial charge in [-0.2, -0.15) is 0 Å². The van der Waals surface area contributed by atoms with E-state index in [9.17, 15) is 13.2 Å². The van der Waals surface area contributed by atoms with Crippen LogP contribution in [0.25, 0.3) is 0 Å². The summed E-state index contributed by atoms with van der Waals surface area (Å²) >= 11 is 0. The maximum atomic E-state index is 12.4. The van der Waals surface area contributed by atoms with Gasteiger partial charge in [-0.1, -0.05) is 32.9 Å². The Balaban J connectivity index is 1.69. The maximum absolute atomic E-state index is 12.4. The predicted octanol–water partition coefficient (Wildman–Crippen LogP) is 2.38. The van der Waals surface area contributed by atoms with Crippen LogP contribution in [0, 0.1) is 0 Å². The van der Waals surface area contributed by atoms with Crippen LogP contribution in [0.3, 0.4) is 0 Å². The first-order valence-corrected chi connectivity index (χ1v) is 9.97. The Bertz CT molecular complexity index is 947. The van der Waals surface area contributed by atoms with E-state index in [1.54, 1.807) is 12.1 Å². The highest BCUT2D eigenvalue weighted by Gasteiger charge is 2.20. The van der Waals surface area contributed by atoms with E-state index in [0.717, 1.165) is 5.56 Å². The van der Waals surface area contributed by atoms with Crippen LogP contribution in [0.5, 0.6) is 11.5 Å². The van der Waals surface area contributed by atoms with Gasteiger partial charge in [-0.15, -0.1) is 4.83 Å². The van der Waals surface area contributed by atoms with E-state index in [1.165, 1.54) is 18.2 Å². The molecule has 0 saturated heterocycles. The van der Waals surface area contributed by atoms with Gasteiger partial charge in [0, 0.05) is 11.6 Å². The molecule has 1 amide bonds. The zero-order valence-corrected chi connectivity index (χ0v) is 16.2. The molecular weight excluding hydrogens is 368 g/mol. The number of hydrazine groups is 1. The molecule has 0 unspecified atom stereocenters. The van der Waals surface area contributed by atoms with Gasteiger partial charge < -0.3 is 9.47 Å². The quantitative estimate of drug-likeness (QED) is 0.782. The van der Waals surface area contributed by atoms with E-state index in [0.29, 0.717) is 30.3 Å². The molecule has 0 aliphatic carbocycles. The fourth-order valence-electron chi connectivity index (χ4n) is 2.56. The summed E-state index contributed by atoms with van der Waals surface area (Å²) < 4.78 is 35.6. The van der Waals surface area contributed by atoms with E-state index < -0.39 is 15.9 Å². The summed E-state index contributed by atoms with van der Waals surface area (Å²) in [4.78, 5) is 14.3. The van der Waals surface area contributed by atoms with Crippen molar-refractivity contribution in [3.63, 3.8) is 0 Å². The topological polar surface area (TPSA) is 93.7 Å². The Labute approximate surface area is 158 Å². The van der Waals surface area contributed by atoms with E-state index in [1.807, 2.05) is 12.1 Å². The average molecular weight is 390 g/mol. The number of fused-ring (bicyclic) bond motifs is 1. The van der Waals surface area contributed by atoms with Gasteiger partial charge in [0.1, 0.15) is 13.2 Å². The van der Waals surface area contributed by atoms with Crippen LogP contribution in [0.15, 0.2) is 47.4 Å². The SMILES string of the molecule is CC(C)(C)c1ccc(C(=O)NNS(=O)(=O)c2ccc3c(c2)OCCO3)cc1. The number of ether oxygens (including phenoxy) is 2. The molecule has 7 nitrogen and oxygen atoms in total. The lowest BCUT2D eigenvalue weighted by atomic mass is 9.87. The molecule has 0 spiro atoms. The zero-order chi connectivity index (χ0) is 19.7. The van der Waals surface area contributed by atoms with Crippen molar-refractivity contribution in [2.45, 2.75) is 31.1 Å². The van der Waals surface area contributed by atoms with E-state index in [2.05, 4.69) is 31.0 Å². The molecule has 1 aliphatic heterocycles. The molecule has 2 aromatic rings. The van der Waals surface area contributed by atoms with Crippen LogP contribution in [0.2, 0.25) is 0 Å². The third-order valence-electron chi connectivity index (χ3n) is 4.14. The number of sulfonamides is 1. The third-order valence-corrected chi connectivity index (χ3v) is 5.38. The van der Waals surface area contributed by atoms with Gasteiger partial charge in [-0.05, 0) is 35.2 Å². The molecule has 0 radical (unpaired) electrons. The Kier molecular flexibility index (Phi) is 5.12. The number of nitrogens with one attached hydrogen (secondary N) is 2. The monoisotopic (exact) mass is 390 g/mol. The lowest BCUT2D eigenvalue weighted by Gasteiger charge is -2.19. The molecule has 3 rings (SSSR count). The van der Waals surface area contributed by atoms with E-state index in [-0.39, 0.29) is 10.3 Å². The standard InChI is InChI=1S/C19H22N2O5S/c1-19(2,3)14-6-4-13(5-7-14)18(22)20-21-27(23,24)15-8-9-16-17(12-15)26-11-10-25-16/h4-9,12,21H,10-11H2,1-3H3,(H,20,22). The molecule has 0 atom stereocenters. The molecule has 0 saturated carbocycles. The molecule has 144 valence electrons. The first kappa shape index (κ1) is 19.2. The second kappa shape index (κ2) is 7.21. The van der Waals surface area contributed by atoms with Crippen molar-refractivity contribution in [2.75, 3.05) is 13.2 Å². The summed E-state index contributed by atoms with van der Waals surface area (Å²) in [6, 6.07) is 11.3. The summed E-state index contributed by atoms with van der Waals surface area (Å²) in [5, 5.41) is 0. The fourth-order valence-corrected chi connectivity index (χ4v) is 3.41. The van der Waals surface area contributed by atoms with Crippen molar-refractivity contribution in [1.29, 1.82) is 0 Å². The highest BCUT2D eigenvalue weighted by Crippen LogP contribution is 2.32. The van der Waals surface area contributed by atoms with Crippen molar-refractivity contribution in [3.8, 4) is 11.5 Å². The first-order valence-electron chi connectivity index (χ1n) is 8.49. The maximum Gasteiger partial charge on any atom is 0.266 e. The fraction of sp³-hybridized carbons (Fsp3) is 0.316. The second-order valence-electron chi connectivity index (χ2n) is 7.19. The molecule has 0 bridgehead atoms. The summed E-state index contributed by atoms with van der Waals surface area (Å²) in [6.45, 7) is 6.99. The minimum Gasteiger partial charge on any atom is -0.486 e. The highest BCUT2D eigenvalue weighted by molar-refractivity contribution is 7.89. The van der Waals surface area contributed by atoms with Crippen molar-refractivity contribution < 1.29 is 22.7 Å². The van der Waals surface area contributed by atoms with Gasteiger partial charge in [0.25, 0.3) is 15.9 Å². The second-order valence-corrected chi connectivity index (χ2v) is 8.87. The van der Waals surface area contributed by atoms with Crippen molar-refractivity contribution in [1.82, 2.24) is 10.3 Å². The van der Waals surface area contributed by atoms with Crippen LogP contribution in [-0.4, -0.2) is 27.5 Å². The number of benzene rings is 2. The molecule has 1 aliphatic rings. The van der Waals surface area contributed by atoms with Gasteiger partial charge in [0.15, 0.2) is 11.5 Å². The van der Waals surface area contributed by atoms with Gasteiger partial charge >= 0.3 is 0 Å². The van der Waals surface area contributed by atoms with Crippen LogP contribution < -0.4 is 19.7 Å². The summed E-state index contributed by atoms with van der Waals surface area (Å²) in [6.07, 6.45) is 0. The molecule has 2 N–H and O–H groups in total. The van der Waals surface area contributed by atoms with Gasteiger partial charge in [-0.25, -0.2) is 8.42 Å². The number of carbonyl (C=O) groups is 1. The Morgan fingerprint density at radius 1 is 0.963 bits per heavy atom. The first-order chi connectivity index (χ1) is 12.7. The van der Waals surface area contributed by atoms with Gasteiger partial charge in [0.2, 0.25) is 0 Å². The largest absolute Gasteiger partial charge is 0.486 e. The van der Waals surface area contributed by atoms with Crippen LogP contribution in [0.4, 0.5) is 0 Å². The van der Waals surface area contributed by atoms with Gasteiger partial charge in [-0.3, -0.25) is 10.2 Å². The van der Waals surface area contributed by atoms with Crippen molar-refractivity contribution in [3.05, 3.63) is 53.6 Å². The summed E-state index contributed by atoms with van der Waals surface area (Å²) in [5.74, 6) is 0.299. The number of carbonyl (C=O) groups excluding carboxylic acids is 1. The minimum atomic E-state index is -3.95. The van der Waals surface area contributed by atoms with Crippen molar-refractivity contribution in [2.24, 2.45) is 0 Å². The number of rotatable bonds is 4. The zero-order valence-electron chi connectivity index (χ0n) is 15.4. The summed E-state index contributed by atoms with van der Waals surface area (Å²) in [7, 11) is -3.95.